The Morgan fingerprint density at radius 3 is 2.86 bits per heavy atom. The van der Waals surface area contributed by atoms with Gasteiger partial charge in [0.2, 0.25) is 0 Å². The minimum absolute atomic E-state index is 0.216. The van der Waals surface area contributed by atoms with E-state index in [-0.39, 0.29) is 12.4 Å². The molecule has 5 nitrogen and oxygen atoms in total. The maximum Gasteiger partial charge on any atom is 0.165 e. The number of halogens is 1. The molecule has 0 amide bonds. The molecule has 0 unspecified atom stereocenters. The number of fused-ring (bicyclic) bond motifs is 1. The molecule has 1 aromatic heterocycles. The third-order valence-corrected chi connectivity index (χ3v) is 3.19. The summed E-state index contributed by atoms with van der Waals surface area (Å²) in [5.41, 5.74) is 7.22. The number of aromatic nitrogens is 2. The number of nitrogens with two attached hydrogens (primary N) is 1. The Morgan fingerprint density at radius 2 is 2.10 bits per heavy atom. The summed E-state index contributed by atoms with van der Waals surface area (Å²) in [7, 11) is 1.43. The lowest BCUT2D eigenvalue weighted by Crippen LogP contribution is -1.97. The minimum Gasteiger partial charge on any atom is -0.494 e. The quantitative estimate of drug-likeness (QED) is 0.774. The van der Waals surface area contributed by atoms with Crippen molar-refractivity contribution in [1.82, 2.24) is 10.2 Å². The number of rotatable bonds is 4. The number of anilines is 1. The lowest BCUT2D eigenvalue weighted by atomic mass is 10.2. The number of nitrogens with zero attached hydrogens (tertiary/aromatic N) is 1. The molecule has 3 aromatic rings. The van der Waals surface area contributed by atoms with E-state index in [0.29, 0.717) is 11.6 Å². The average molecular weight is 287 g/mol. The number of H-pyrrole nitrogens is 1. The predicted octanol–water partition coefficient (Wildman–Crippen LogP) is 2.87. The van der Waals surface area contributed by atoms with Gasteiger partial charge in [0.25, 0.3) is 0 Å². The van der Waals surface area contributed by atoms with Crippen LogP contribution in [0.3, 0.4) is 0 Å². The third kappa shape index (κ3) is 2.60. The van der Waals surface area contributed by atoms with E-state index >= 15 is 0 Å². The first-order chi connectivity index (χ1) is 10.2. The number of methoxy groups -OCH3 is 1. The van der Waals surface area contributed by atoms with E-state index in [1.165, 1.54) is 13.2 Å². The summed E-state index contributed by atoms with van der Waals surface area (Å²) < 4.78 is 24.1. The molecule has 0 atom stereocenters. The fraction of sp³-hybridized carbons (Fsp3) is 0.133. The molecular formula is C15H14FN3O2. The molecule has 108 valence electrons. The number of benzene rings is 2. The van der Waals surface area contributed by atoms with Crippen LogP contribution in [0, 0.1) is 5.82 Å². The van der Waals surface area contributed by atoms with Crippen LogP contribution in [0.4, 0.5) is 10.2 Å². The standard InChI is InChI=1S/C15H14FN3O2/c1-20-14-5-2-9(6-12(14)16)8-21-10-3-4-11-13(7-10)18-19-15(11)17/h2-7H,8H2,1H3,(H3,17,18,19). The van der Waals surface area contributed by atoms with Crippen molar-refractivity contribution >= 4 is 16.7 Å². The first-order valence-electron chi connectivity index (χ1n) is 6.36. The Balaban J connectivity index is 1.75. The highest BCUT2D eigenvalue weighted by Crippen LogP contribution is 2.24. The fourth-order valence-corrected chi connectivity index (χ4v) is 2.08. The molecule has 3 N–H and O–H groups in total. The van der Waals surface area contributed by atoms with Crippen molar-refractivity contribution in [2.45, 2.75) is 6.61 Å². The number of nitrogens with one attached hydrogen (secondary N) is 1. The number of aromatic amines is 1. The molecule has 0 aliphatic rings. The van der Waals surface area contributed by atoms with E-state index in [2.05, 4.69) is 10.2 Å². The highest BCUT2D eigenvalue weighted by Gasteiger charge is 2.06. The second kappa shape index (κ2) is 5.32. The van der Waals surface area contributed by atoms with Crippen LogP contribution in [-0.2, 0) is 6.61 Å². The summed E-state index contributed by atoms with van der Waals surface area (Å²) in [4.78, 5) is 0. The van der Waals surface area contributed by atoms with Gasteiger partial charge in [-0.3, -0.25) is 5.10 Å². The summed E-state index contributed by atoms with van der Waals surface area (Å²) in [6.45, 7) is 0.260. The topological polar surface area (TPSA) is 73.2 Å². The van der Waals surface area contributed by atoms with Crippen molar-refractivity contribution in [2.24, 2.45) is 0 Å². The summed E-state index contributed by atoms with van der Waals surface area (Å²) >= 11 is 0. The molecule has 6 heteroatoms. The van der Waals surface area contributed by atoms with Crippen LogP contribution in [-0.4, -0.2) is 17.3 Å². The van der Waals surface area contributed by atoms with Crippen LogP contribution in [0.5, 0.6) is 11.5 Å². The molecule has 0 aliphatic carbocycles. The van der Waals surface area contributed by atoms with Gasteiger partial charge in [0, 0.05) is 11.5 Å². The van der Waals surface area contributed by atoms with Gasteiger partial charge in [-0.1, -0.05) is 6.07 Å². The average Bonchev–Trinajstić information content (AvgIpc) is 2.86. The van der Waals surface area contributed by atoms with Crippen molar-refractivity contribution in [3.8, 4) is 11.5 Å². The molecule has 0 aliphatic heterocycles. The van der Waals surface area contributed by atoms with Gasteiger partial charge in [0.05, 0.1) is 12.6 Å². The summed E-state index contributed by atoms with van der Waals surface area (Å²) in [5.74, 6) is 0.916. The molecule has 0 spiro atoms. The maximum absolute atomic E-state index is 13.6. The van der Waals surface area contributed by atoms with Crippen LogP contribution in [0.1, 0.15) is 5.56 Å². The molecule has 0 radical (unpaired) electrons. The SMILES string of the molecule is COc1ccc(COc2ccc3c(N)n[nH]c3c2)cc1F. The zero-order valence-electron chi connectivity index (χ0n) is 11.4. The van der Waals surface area contributed by atoms with Crippen LogP contribution < -0.4 is 15.2 Å². The fourth-order valence-electron chi connectivity index (χ4n) is 2.08. The van der Waals surface area contributed by atoms with E-state index in [1.54, 1.807) is 24.3 Å². The lowest BCUT2D eigenvalue weighted by molar-refractivity contribution is 0.305. The second-order valence-electron chi connectivity index (χ2n) is 4.57. The Morgan fingerprint density at radius 1 is 1.24 bits per heavy atom. The third-order valence-electron chi connectivity index (χ3n) is 3.19. The Labute approximate surface area is 120 Å². The molecule has 1 heterocycles. The molecule has 2 aromatic carbocycles. The van der Waals surface area contributed by atoms with E-state index < -0.39 is 5.82 Å². The number of hydrogen-bond donors (Lipinski definition) is 2. The van der Waals surface area contributed by atoms with Crippen LogP contribution in [0.25, 0.3) is 10.9 Å². The van der Waals surface area contributed by atoms with E-state index in [9.17, 15) is 4.39 Å². The smallest absolute Gasteiger partial charge is 0.165 e. The Kier molecular flexibility index (Phi) is 3.35. The molecule has 0 bridgehead atoms. The van der Waals surface area contributed by atoms with Crippen LogP contribution in [0.2, 0.25) is 0 Å². The van der Waals surface area contributed by atoms with Crippen molar-refractivity contribution < 1.29 is 13.9 Å². The molecular weight excluding hydrogens is 273 g/mol. The highest BCUT2D eigenvalue weighted by atomic mass is 19.1. The number of ether oxygens (including phenoxy) is 2. The van der Waals surface area contributed by atoms with Crippen molar-refractivity contribution in [2.75, 3.05) is 12.8 Å². The Bertz CT molecular complexity index is 786. The van der Waals surface area contributed by atoms with Gasteiger partial charge in [-0.15, -0.1) is 0 Å². The van der Waals surface area contributed by atoms with E-state index in [0.717, 1.165) is 16.5 Å². The largest absolute Gasteiger partial charge is 0.494 e. The van der Waals surface area contributed by atoms with Gasteiger partial charge in [0.15, 0.2) is 17.4 Å². The van der Waals surface area contributed by atoms with Gasteiger partial charge in [-0.2, -0.15) is 5.10 Å². The predicted molar refractivity (Wildman–Crippen MR) is 77.8 cm³/mol. The zero-order valence-corrected chi connectivity index (χ0v) is 11.4. The van der Waals surface area contributed by atoms with Crippen molar-refractivity contribution in [3.63, 3.8) is 0 Å². The highest BCUT2D eigenvalue weighted by molar-refractivity contribution is 5.89. The maximum atomic E-state index is 13.6. The first kappa shape index (κ1) is 13.2. The molecule has 0 saturated heterocycles. The van der Waals surface area contributed by atoms with Crippen molar-refractivity contribution in [1.29, 1.82) is 0 Å². The molecule has 3 rings (SSSR count). The second-order valence-corrected chi connectivity index (χ2v) is 4.57. The summed E-state index contributed by atoms with van der Waals surface area (Å²) in [5, 5.41) is 7.58. The van der Waals surface area contributed by atoms with Gasteiger partial charge < -0.3 is 15.2 Å². The summed E-state index contributed by atoms with van der Waals surface area (Å²) in [6.07, 6.45) is 0. The molecule has 0 fully saturated rings. The normalized spacial score (nSPS) is 10.8. The molecule has 0 saturated carbocycles. The summed E-state index contributed by atoms with van der Waals surface area (Å²) in [6, 6.07) is 10.2. The first-order valence-corrected chi connectivity index (χ1v) is 6.36. The monoisotopic (exact) mass is 287 g/mol. The van der Waals surface area contributed by atoms with Gasteiger partial charge in [-0.05, 0) is 29.8 Å². The van der Waals surface area contributed by atoms with Gasteiger partial charge in [-0.25, -0.2) is 4.39 Å². The van der Waals surface area contributed by atoms with Gasteiger partial charge in [0.1, 0.15) is 12.4 Å². The molecule has 21 heavy (non-hydrogen) atoms. The van der Waals surface area contributed by atoms with E-state index in [1.807, 2.05) is 6.07 Å². The minimum atomic E-state index is -0.407. The zero-order chi connectivity index (χ0) is 14.8. The van der Waals surface area contributed by atoms with Crippen LogP contribution in [0.15, 0.2) is 36.4 Å². The number of hydrogen-bond acceptors (Lipinski definition) is 4. The van der Waals surface area contributed by atoms with Crippen molar-refractivity contribution in [3.05, 3.63) is 47.8 Å². The lowest BCUT2D eigenvalue weighted by Gasteiger charge is -2.08. The Hall–Kier alpha value is -2.76. The van der Waals surface area contributed by atoms with E-state index in [4.69, 9.17) is 15.2 Å². The van der Waals surface area contributed by atoms with Gasteiger partial charge >= 0.3 is 0 Å². The van der Waals surface area contributed by atoms with Crippen LogP contribution >= 0.6 is 0 Å². The number of nitrogen functional groups attached to an aromatic ring is 1.